The Morgan fingerprint density at radius 2 is 1.86 bits per heavy atom. The second-order valence-corrected chi connectivity index (χ2v) is 5.74. The molecule has 1 rings (SSSR count). The van der Waals surface area contributed by atoms with Gasteiger partial charge in [-0.25, -0.2) is 0 Å². The molecule has 1 unspecified atom stereocenters. The predicted octanol–water partition coefficient (Wildman–Crippen LogP) is 4.28. The molecule has 0 spiro atoms. The maximum absolute atomic E-state index is 11.2. The van der Waals surface area contributed by atoms with Crippen LogP contribution in [0.25, 0.3) is 0 Å². The highest BCUT2D eigenvalue weighted by Gasteiger charge is 2.20. The summed E-state index contributed by atoms with van der Waals surface area (Å²) in [5.74, 6) is 0.388. The second kappa shape index (κ2) is 9.59. The first-order valence-electron chi connectivity index (χ1n) is 8.09. The summed E-state index contributed by atoms with van der Waals surface area (Å²) in [5, 5.41) is 0. The van der Waals surface area contributed by atoms with Gasteiger partial charge in [0.1, 0.15) is 11.9 Å². The molecule has 0 aliphatic heterocycles. The molecule has 1 aliphatic rings. The summed E-state index contributed by atoms with van der Waals surface area (Å²) in [5.41, 5.74) is 1.22. The molecule has 0 N–H and O–H groups in total. The molecule has 4 nitrogen and oxygen atoms in total. The lowest BCUT2D eigenvalue weighted by atomic mass is 10.0. The Bertz CT molecular complexity index is 384. The van der Waals surface area contributed by atoms with Crippen molar-refractivity contribution >= 4 is 11.9 Å². The van der Waals surface area contributed by atoms with Crippen LogP contribution < -0.4 is 0 Å². The summed E-state index contributed by atoms with van der Waals surface area (Å²) < 4.78 is 10.7. The van der Waals surface area contributed by atoms with Gasteiger partial charge in [0.05, 0.1) is 0 Å². The zero-order valence-electron chi connectivity index (χ0n) is 13.6. The maximum atomic E-state index is 11.2. The molecule has 0 aromatic heterocycles. The first kappa shape index (κ1) is 17.7. The van der Waals surface area contributed by atoms with Crippen LogP contribution in [0.5, 0.6) is 0 Å². The largest absolute Gasteiger partial charge is 0.463 e. The Hall–Kier alpha value is -1.32. The monoisotopic (exact) mass is 296 g/mol. The van der Waals surface area contributed by atoms with Gasteiger partial charge in [-0.05, 0) is 44.1 Å². The first-order chi connectivity index (χ1) is 10.0. The second-order valence-electron chi connectivity index (χ2n) is 5.74. The van der Waals surface area contributed by atoms with Crippen LogP contribution in [-0.2, 0) is 19.1 Å². The number of hydrogen-bond acceptors (Lipinski definition) is 4. The van der Waals surface area contributed by atoms with E-state index in [1.807, 2.05) is 0 Å². The highest BCUT2D eigenvalue weighted by molar-refractivity contribution is 5.67. The summed E-state index contributed by atoms with van der Waals surface area (Å²) in [6, 6.07) is 0. The van der Waals surface area contributed by atoms with Gasteiger partial charge >= 0.3 is 11.9 Å². The van der Waals surface area contributed by atoms with Gasteiger partial charge in [-0.15, -0.1) is 0 Å². The molecule has 4 heteroatoms. The standard InChI is InChI=1S/C17H28O4/c1-4-5-6-9-16(20-13(2)18)12-11-15-8-7-10-17(15)21-14(3)19/h16H,4-12H2,1-3H3. The van der Waals surface area contributed by atoms with E-state index in [9.17, 15) is 9.59 Å². The normalized spacial score (nSPS) is 16.0. The Morgan fingerprint density at radius 1 is 1.10 bits per heavy atom. The molecule has 0 bridgehead atoms. The third-order valence-corrected chi connectivity index (χ3v) is 3.77. The molecule has 0 fully saturated rings. The van der Waals surface area contributed by atoms with Crippen molar-refractivity contribution in [3.8, 4) is 0 Å². The Balaban J connectivity index is 2.49. The minimum Gasteiger partial charge on any atom is -0.463 e. The van der Waals surface area contributed by atoms with Crippen LogP contribution in [0.15, 0.2) is 11.3 Å². The molecule has 1 aliphatic carbocycles. The van der Waals surface area contributed by atoms with E-state index < -0.39 is 0 Å². The van der Waals surface area contributed by atoms with Crippen molar-refractivity contribution in [1.29, 1.82) is 0 Å². The lowest BCUT2D eigenvalue weighted by Crippen LogP contribution is -2.16. The van der Waals surface area contributed by atoms with E-state index >= 15 is 0 Å². The number of allylic oxidation sites excluding steroid dienone is 2. The fourth-order valence-corrected chi connectivity index (χ4v) is 2.79. The molecule has 120 valence electrons. The Kier molecular flexibility index (Phi) is 8.09. The number of rotatable bonds is 9. The lowest BCUT2D eigenvalue weighted by molar-refractivity contribution is -0.147. The summed E-state index contributed by atoms with van der Waals surface area (Å²) >= 11 is 0. The summed E-state index contributed by atoms with van der Waals surface area (Å²) in [6.07, 6.45) is 8.89. The van der Waals surface area contributed by atoms with Crippen LogP contribution in [0.1, 0.15) is 78.6 Å². The van der Waals surface area contributed by atoms with Crippen LogP contribution in [-0.4, -0.2) is 18.0 Å². The van der Waals surface area contributed by atoms with Gasteiger partial charge in [0.2, 0.25) is 0 Å². The molecule has 1 atom stereocenters. The smallest absolute Gasteiger partial charge is 0.307 e. The quantitative estimate of drug-likeness (QED) is 0.471. The number of carbonyl (C=O) groups is 2. The predicted molar refractivity (Wildman–Crippen MR) is 81.6 cm³/mol. The third-order valence-electron chi connectivity index (χ3n) is 3.77. The summed E-state index contributed by atoms with van der Waals surface area (Å²) in [6.45, 7) is 5.07. The molecule has 0 aromatic carbocycles. The molecular formula is C17H28O4. The van der Waals surface area contributed by atoms with Gasteiger partial charge in [0.15, 0.2) is 0 Å². The number of unbranched alkanes of at least 4 members (excludes halogenated alkanes) is 2. The average Bonchev–Trinajstić information content (AvgIpc) is 2.82. The SMILES string of the molecule is CCCCCC(CCC1=C(OC(C)=O)CCC1)OC(C)=O. The van der Waals surface area contributed by atoms with Crippen LogP contribution in [0, 0.1) is 0 Å². The van der Waals surface area contributed by atoms with Crippen molar-refractivity contribution in [1.82, 2.24) is 0 Å². The van der Waals surface area contributed by atoms with Crippen molar-refractivity contribution < 1.29 is 19.1 Å². The average molecular weight is 296 g/mol. The molecule has 21 heavy (non-hydrogen) atoms. The van der Waals surface area contributed by atoms with Gasteiger partial charge < -0.3 is 9.47 Å². The summed E-state index contributed by atoms with van der Waals surface area (Å²) in [4.78, 5) is 22.3. The van der Waals surface area contributed by atoms with Crippen LogP contribution >= 0.6 is 0 Å². The number of ether oxygens (including phenoxy) is 2. The molecule has 0 amide bonds. The van der Waals surface area contributed by atoms with E-state index in [2.05, 4.69) is 6.92 Å². The van der Waals surface area contributed by atoms with Gasteiger partial charge in [-0.1, -0.05) is 19.8 Å². The number of carbonyl (C=O) groups excluding carboxylic acids is 2. The number of esters is 2. The highest BCUT2D eigenvalue weighted by atomic mass is 16.5. The highest BCUT2D eigenvalue weighted by Crippen LogP contribution is 2.31. The van der Waals surface area contributed by atoms with Gasteiger partial charge in [-0.3, -0.25) is 9.59 Å². The molecule has 0 saturated carbocycles. The lowest BCUT2D eigenvalue weighted by Gasteiger charge is -2.17. The molecular weight excluding hydrogens is 268 g/mol. The Morgan fingerprint density at radius 3 is 2.48 bits per heavy atom. The van der Waals surface area contributed by atoms with E-state index in [4.69, 9.17) is 9.47 Å². The van der Waals surface area contributed by atoms with E-state index in [0.717, 1.165) is 57.1 Å². The fourth-order valence-electron chi connectivity index (χ4n) is 2.79. The van der Waals surface area contributed by atoms with Crippen molar-refractivity contribution in [3.63, 3.8) is 0 Å². The minimum absolute atomic E-state index is 0.0132. The topological polar surface area (TPSA) is 52.6 Å². The van der Waals surface area contributed by atoms with Crippen LogP contribution in [0.3, 0.4) is 0 Å². The first-order valence-corrected chi connectivity index (χ1v) is 8.09. The van der Waals surface area contributed by atoms with Gasteiger partial charge in [-0.2, -0.15) is 0 Å². The molecule has 0 radical (unpaired) electrons. The van der Waals surface area contributed by atoms with Crippen molar-refractivity contribution in [2.24, 2.45) is 0 Å². The van der Waals surface area contributed by atoms with Crippen molar-refractivity contribution in [2.75, 3.05) is 0 Å². The van der Waals surface area contributed by atoms with Crippen molar-refractivity contribution in [3.05, 3.63) is 11.3 Å². The van der Waals surface area contributed by atoms with E-state index in [0.29, 0.717) is 0 Å². The Labute approximate surface area is 127 Å². The van der Waals surface area contributed by atoms with E-state index in [1.54, 1.807) is 0 Å². The van der Waals surface area contributed by atoms with Gasteiger partial charge in [0, 0.05) is 20.3 Å². The zero-order chi connectivity index (χ0) is 15.7. The third kappa shape index (κ3) is 7.30. The fraction of sp³-hybridized carbons (Fsp3) is 0.765. The van der Waals surface area contributed by atoms with E-state index in [1.165, 1.54) is 25.8 Å². The van der Waals surface area contributed by atoms with Crippen molar-refractivity contribution in [2.45, 2.75) is 84.7 Å². The van der Waals surface area contributed by atoms with E-state index in [-0.39, 0.29) is 18.0 Å². The minimum atomic E-state index is -0.246. The number of hydrogen-bond donors (Lipinski definition) is 0. The van der Waals surface area contributed by atoms with Gasteiger partial charge in [0.25, 0.3) is 0 Å². The zero-order valence-corrected chi connectivity index (χ0v) is 13.6. The molecule has 0 saturated heterocycles. The summed E-state index contributed by atoms with van der Waals surface area (Å²) in [7, 11) is 0. The van der Waals surface area contributed by atoms with Crippen LogP contribution in [0.4, 0.5) is 0 Å². The molecule has 0 heterocycles. The maximum Gasteiger partial charge on any atom is 0.307 e. The van der Waals surface area contributed by atoms with Crippen LogP contribution in [0.2, 0.25) is 0 Å². The molecule has 0 aromatic rings.